The number of nitro groups is 1. The van der Waals surface area contributed by atoms with Crippen molar-refractivity contribution in [2.24, 2.45) is 0 Å². The molecule has 0 amide bonds. The first-order valence-electron chi connectivity index (χ1n) is 3.97. The van der Waals surface area contributed by atoms with Crippen molar-refractivity contribution in [3.63, 3.8) is 0 Å². The fraction of sp³-hybridized carbons (Fsp3) is 0.375. The Morgan fingerprint density at radius 3 is 2.93 bits per heavy atom. The van der Waals surface area contributed by atoms with Gasteiger partial charge in [0.2, 0.25) is 0 Å². The summed E-state index contributed by atoms with van der Waals surface area (Å²) in [5.74, 6) is 0. The first-order chi connectivity index (χ1) is 6.50. The lowest BCUT2D eigenvalue weighted by Gasteiger charge is -2.04. The van der Waals surface area contributed by atoms with Gasteiger partial charge in [0.25, 0.3) is 5.69 Å². The molecule has 76 valence electrons. The molecule has 1 rings (SSSR count). The fourth-order valence-electron chi connectivity index (χ4n) is 1.05. The summed E-state index contributed by atoms with van der Waals surface area (Å²) in [7, 11) is 0. The standard InChI is InChI=1S/C8H9BrN2O3/c1-5(12)2-7-8(11(13)14)3-6(9)4-10-7/h3-5,12H,2H2,1H3/t5-/m1/s1. The normalized spacial score (nSPS) is 12.5. The van der Waals surface area contributed by atoms with E-state index in [0.717, 1.165) is 0 Å². The molecule has 14 heavy (non-hydrogen) atoms. The lowest BCUT2D eigenvalue weighted by Crippen LogP contribution is -2.08. The SMILES string of the molecule is C[C@@H](O)Cc1ncc(Br)cc1[N+](=O)[O-]. The molecular formula is C8H9BrN2O3. The summed E-state index contributed by atoms with van der Waals surface area (Å²) in [6.07, 6.45) is 1.02. The van der Waals surface area contributed by atoms with Crippen molar-refractivity contribution in [1.82, 2.24) is 4.98 Å². The zero-order chi connectivity index (χ0) is 10.7. The van der Waals surface area contributed by atoms with Crippen LogP contribution in [0.1, 0.15) is 12.6 Å². The third-order valence-electron chi connectivity index (χ3n) is 1.60. The van der Waals surface area contributed by atoms with Gasteiger partial charge in [-0.2, -0.15) is 0 Å². The lowest BCUT2D eigenvalue weighted by atomic mass is 10.2. The van der Waals surface area contributed by atoms with Crippen LogP contribution in [-0.4, -0.2) is 21.1 Å². The number of aliphatic hydroxyl groups is 1. The van der Waals surface area contributed by atoms with Crippen LogP contribution in [0.2, 0.25) is 0 Å². The van der Waals surface area contributed by atoms with Crippen LogP contribution in [0.3, 0.4) is 0 Å². The predicted molar refractivity (Wildman–Crippen MR) is 54.0 cm³/mol. The summed E-state index contributed by atoms with van der Waals surface area (Å²) in [4.78, 5) is 14.0. The minimum Gasteiger partial charge on any atom is -0.393 e. The molecule has 0 aromatic carbocycles. The number of hydrogen-bond acceptors (Lipinski definition) is 4. The summed E-state index contributed by atoms with van der Waals surface area (Å²) in [5.41, 5.74) is 0.230. The molecule has 0 aliphatic heterocycles. The van der Waals surface area contributed by atoms with Gasteiger partial charge in [0.1, 0.15) is 5.69 Å². The van der Waals surface area contributed by atoms with Crippen LogP contribution in [0.5, 0.6) is 0 Å². The molecular weight excluding hydrogens is 252 g/mol. The Hall–Kier alpha value is -1.01. The van der Waals surface area contributed by atoms with Gasteiger partial charge in [-0.3, -0.25) is 15.1 Å². The molecule has 0 saturated heterocycles. The first kappa shape index (κ1) is 11.1. The third-order valence-corrected chi connectivity index (χ3v) is 2.03. The van der Waals surface area contributed by atoms with Crippen molar-refractivity contribution >= 4 is 21.6 Å². The average Bonchev–Trinajstić information content (AvgIpc) is 2.07. The second kappa shape index (κ2) is 4.47. The first-order valence-corrected chi connectivity index (χ1v) is 4.77. The maximum atomic E-state index is 10.6. The van der Waals surface area contributed by atoms with E-state index in [1.165, 1.54) is 12.3 Å². The molecule has 1 atom stereocenters. The third kappa shape index (κ3) is 2.74. The minimum absolute atomic E-state index is 0.0692. The predicted octanol–water partition coefficient (Wildman–Crippen LogP) is 1.68. The highest BCUT2D eigenvalue weighted by Gasteiger charge is 2.16. The molecule has 0 unspecified atom stereocenters. The Morgan fingerprint density at radius 2 is 2.43 bits per heavy atom. The van der Waals surface area contributed by atoms with Gasteiger partial charge in [0, 0.05) is 23.2 Å². The minimum atomic E-state index is -0.637. The van der Waals surface area contributed by atoms with Gasteiger partial charge in [0.05, 0.1) is 11.0 Å². The Labute approximate surface area is 89.1 Å². The zero-order valence-corrected chi connectivity index (χ0v) is 9.06. The second-order valence-electron chi connectivity index (χ2n) is 2.93. The van der Waals surface area contributed by atoms with Crippen LogP contribution in [-0.2, 0) is 6.42 Å². The maximum absolute atomic E-state index is 10.6. The number of rotatable bonds is 3. The molecule has 0 spiro atoms. The van der Waals surface area contributed by atoms with Gasteiger partial charge in [-0.05, 0) is 22.9 Å². The highest BCUT2D eigenvalue weighted by Crippen LogP contribution is 2.22. The maximum Gasteiger partial charge on any atom is 0.291 e. The molecule has 5 nitrogen and oxygen atoms in total. The van der Waals surface area contributed by atoms with Crippen molar-refractivity contribution in [1.29, 1.82) is 0 Å². The van der Waals surface area contributed by atoms with E-state index in [9.17, 15) is 10.1 Å². The van der Waals surface area contributed by atoms with E-state index in [0.29, 0.717) is 10.2 Å². The van der Waals surface area contributed by atoms with E-state index >= 15 is 0 Å². The number of aromatic nitrogens is 1. The van der Waals surface area contributed by atoms with Gasteiger partial charge in [-0.25, -0.2) is 0 Å². The second-order valence-corrected chi connectivity index (χ2v) is 3.85. The number of aliphatic hydroxyl groups excluding tert-OH is 1. The molecule has 1 aromatic rings. The van der Waals surface area contributed by atoms with Gasteiger partial charge in [-0.15, -0.1) is 0 Å². The smallest absolute Gasteiger partial charge is 0.291 e. The van der Waals surface area contributed by atoms with E-state index in [1.54, 1.807) is 6.92 Å². The summed E-state index contributed by atoms with van der Waals surface area (Å²) in [6.45, 7) is 1.56. The molecule has 0 bridgehead atoms. The highest BCUT2D eigenvalue weighted by molar-refractivity contribution is 9.10. The van der Waals surface area contributed by atoms with E-state index in [1.807, 2.05) is 0 Å². The highest BCUT2D eigenvalue weighted by atomic mass is 79.9. The molecule has 0 fully saturated rings. The summed E-state index contributed by atoms with van der Waals surface area (Å²) >= 11 is 3.10. The van der Waals surface area contributed by atoms with E-state index < -0.39 is 11.0 Å². The quantitative estimate of drug-likeness (QED) is 0.663. The fourth-order valence-corrected chi connectivity index (χ4v) is 1.37. The van der Waals surface area contributed by atoms with Gasteiger partial charge in [-0.1, -0.05) is 0 Å². The largest absolute Gasteiger partial charge is 0.393 e. The Bertz CT molecular complexity index is 354. The van der Waals surface area contributed by atoms with E-state index in [2.05, 4.69) is 20.9 Å². The van der Waals surface area contributed by atoms with Crippen molar-refractivity contribution in [3.8, 4) is 0 Å². The molecule has 0 aliphatic carbocycles. The zero-order valence-electron chi connectivity index (χ0n) is 7.48. The van der Waals surface area contributed by atoms with Crippen LogP contribution >= 0.6 is 15.9 Å². The Balaban J connectivity index is 3.08. The van der Waals surface area contributed by atoms with Crippen molar-refractivity contribution in [2.75, 3.05) is 0 Å². The van der Waals surface area contributed by atoms with Crippen LogP contribution in [0.4, 0.5) is 5.69 Å². The Kier molecular flexibility index (Phi) is 3.54. The van der Waals surface area contributed by atoms with Crippen molar-refractivity contribution in [2.45, 2.75) is 19.4 Å². The van der Waals surface area contributed by atoms with Crippen molar-refractivity contribution < 1.29 is 10.0 Å². The van der Waals surface area contributed by atoms with Gasteiger partial charge in [0.15, 0.2) is 0 Å². The molecule has 1 aromatic heterocycles. The molecule has 1 heterocycles. The molecule has 1 N–H and O–H groups in total. The summed E-state index contributed by atoms with van der Waals surface area (Å²) in [6, 6.07) is 1.38. The van der Waals surface area contributed by atoms with Crippen LogP contribution in [0.25, 0.3) is 0 Å². The van der Waals surface area contributed by atoms with Crippen LogP contribution in [0.15, 0.2) is 16.7 Å². The van der Waals surface area contributed by atoms with Gasteiger partial charge < -0.3 is 5.11 Å². The Morgan fingerprint density at radius 1 is 1.79 bits per heavy atom. The summed E-state index contributed by atoms with van der Waals surface area (Å²) in [5, 5.41) is 19.7. The number of nitrogens with zero attached hydrogens (tertiary/aromatic N) is 2. The van der Waals surface area contributed by atoms with Crippen LogP contribution in [0, 0.1) is 10.1 Å². The molecule has 6 heteroatoms. The van der Waals surface area contributed by atoms with Gasteiger partial charge >= 0.3 is 0 Å². The lowest BCUT2D eigenvalue weighted by molar-refractivity contribution is -0.386. The molecule has 0 radical (unpaired) electrons. The van der Waals surface area contributed by atoms with E-state index in [-0.39, 0.29) is 12.1 Å². The summed E-state index contributed by atoms with van der Waals surface area (Å²) < 4.78 is 0.554. The topological polar surface area (TPSA) is 76.3 Å². The average molecular weight is 261 g/mol. The van der Waals surface area contributed by atoms with Crippen LogP contribution < -0.4 is 0 Å². The monoisotopic (exact) mass is 260 g/mol. The number of pyridine rings is 1. The molecule has 0 aliphatic rings. The number of hydrogen-bond donors (Lipinski definition) is 1. The van der Waals surface area contributed by atoms with Crippen molar-refractivity contribution in [3.05, 3.63) is 32.5 Å². The molecule has 0 saturated carbocycles. The number of halogens is 1. The van der Waals surface area contributed by atoms with E-state index in [4.69, 9.17) is 5.11 Å².